The van der Waals surface area contributed by atoms with Crippen LogP contribution in [0.5, 0.6) is 0 Å². The van der Waals surface area contributed by atoms with Crippen molar-refractivity contribution in [2.45, 2.75) is 40.2 Å². The highest BCUT2D eigenvalue weighted by Gasteiger charge is 2.17. The van der Waals surface area contributed by atoms with Crippen molar-refractivity contribution in [2.24, 2.45) is 0 Å². The largest absolute Gasteiger partial charge is 0.456 e. The number of esters is 1. The maximum atomic E-state index is 11.9. The zero-order valence-corrected chi connectivity index (χ0v) is 12.3. The molecule has 104 valence electrons. The summed E-state index contributed by atoms with van der Waals surface area (Å²) in [5.74, 6) is -0.341. The van der Waals surface area contributed by atoms with Crippen LogP contribution in [0.25, 0.3) is 0 Å². The smallest absolute Gasteiger partial charge is 0.338 e. The summed E-state index contributed by atoms with van der Waals surface area (Å²) in [6, 6.07) is 0. The highest BCUT2D eigenvalue weighted by Crippen LogP contribution is 2.13. The average molecular weight is 262 g/mol. The second kappa shape index (κ2) is 8.25. The van der Waals surface area contributed by atoms with Crippen LogP contribution >= 0.6 is 0 Å². The maximum Gasteiger partial charge on any atom is 0.338 e. The number of rotatable bonds is 5. The Labute approximate surface area is 115 Å². The topological polar surface area (TPSA) is 43.4 Å². The van der Waals surface area contributed by atoms with E-state index in [0.29, 0.717) is 11.9 Å². The Morgan fingerprint density at radius 1 is 1.11 bits per heavy atom. The summed E-state index contributed by atoms with van der Waals surface area (Å²) in [7, 11) is 0. The fourth-order valence-corrected chi connectivity index (χ4v) is 1.21. The van der Waals surface area contributed by atoms with E-state index in [1.54, 1.807) is 31.2 Å². The molecule has 3 heteroatoms. The fraction of sp³-hybridized carbons (Fsp3) is 0.375. The molecule has 0 amide bonds. The van der Waals surface area contributed by atoms with Gasteiger partial charge in [-0.25, -0.2) is 4.79 Å². The van der Waals surface area contributed by atoms with Crippen LogP contribution < -0.4 is 0 Å². The lowest BCUT2D eigenvalue weighted by Crippen LogP contribution is -2.24. The molecule has 0 aromatic heterocycles. The first kappa shape index (κ1) is 17.1. The lowest BCUT2D eigenvalue weighted by atomic mass is 10.1. The highest BCUT2D eigenvalue weighted by atomic mass is 16.6. The quantitative estimate of drug-likeness (QED) is 0.329. The summed E-state index contributed by atoms with van der Waals surface area (Å²) >= 11 is 0. The van der Waals surface area contributed by atoms with Gasteiger partial charge in [0, 0.05) is 0 Å². The predicted octanol–water partition coefficient (Wildman–Crippen LogP) is 3.53. The molecule has 19 heavy (non-hydrogen) atoms. The van der Waals surface area contributed by atoms with Crippen molar-refractivity contribution in [3.63, 3.8) is 0 Å². The van der Waals surface area contributed by atoms with Crippen LogP contribution in [-0.4, -0.2) is 17.9 Å². The van der Waals surface area contributed by atoms with Crippen LogP contribution in [0.1, 0.15) is 34.6 Å². The Morgan fingerprint density at radius 2 is 1.74 bits per heavy atom. The molecule has 0 atom stereocenters. The SMILES string of the molecule is C\C=C(/C=C(C)/C=C/C=C/C=O)C(=O)OC(C)(C)C. The second-order valence-electron chi connectivity index (χ2n) is 5.01. The molecule has 0 fully saturated rings. The van der Waals surface area contributed by atoms with Crippen LogP contribution in [0.3, 0.4) is 0 Å². The standard InChI is InChI=1S/C16H22O3/c1-6-14(15(18)19-16(3,4)5)12-13(2)10-8-7-9-11-17/h6-12H,1-5H3/b9-7+,10-8+,13-12+,14-6+. The van der Waals surface area contributed by atoms with Gasteiger partial charge in [-0.3, -0.25) is 4.79 Å². The van der Waals surface area contributed by atoms with Crippen LogP contribution in [0, 0.1) is 0 Å². The molecule has 0 bridgehead atoms. The van der Waals surface area contributed by atoms with Crippen LogP contribution in [0.4, 0.5) is 0 Å². The molecule has 0 N–H and O–H groups in total. The summed E-state index contributed by atoms with van der Waals surface area (Å²) in [6.07, 6.45) is 10.8. The molecule has 0 radical (unpaired) electrons. The van der Waals surface area contributed by atoms with Crippen molar-refractivity contribution in [1.82, 2.24) is 0 Å². The van der Waals surface area contributed by atoms with E-state index >= 15 is 0 Å². The van der Waals surface area contributed by atoms with E-state index in [-0.39, 0.29) is 5.97 Å². The van der Waals surface area contributed by atoms with Gasteiger partial charge in [-0.1, -0.05) is 29.9 Å². The van der Waals surface area contributed by atoms with E-state index in [1.165, 1.54) is 6.08 Å². The van der Waals surface area contributed by atoms with E-state index in [1.807, 2.05) is 33.8 Å². The Kier molecular flexibility index (Phi) is 7.42. The van der Waals surface area contributed by atoms with Gasteiger partial charge in [-0.2, -0.15) is 0 Å². The Bertz CT molecular complexity index is 429. The van der Waals surface area contributed by atoms with Crippen molar-refractivity contribution in [1.29, 1.82) is 0 Å². The van der Waals surface area contributed by atoms with E-state index in [9.17, 15) is 9.59 Å². The van der Waals surface area contributed by atoms with E-state index in [2.05, 4.69) is 0 Å². The molecule has 0 heterocycles. The predicted molar refractivity (Wildman–Crippen MR) is 77.7 cm³/mol. The zero-order chi connectivity index (χ0) is 14.9. The molecule has 0 aliphatic carbocycles. The number of hydrogen-bond acceptors (Lipinski definition) is 3. The normalized spacial score (nSPS) is 14.2. The molecule has 3 nitrogen and oxygen atoms in total. The first-order chi connectivity index (χ1) is 8.80. The Hall–Kier alpha value is -1.90. The number of aldehydes is 1. The summed E-state index contributed by atoms with van der Waals surface area (Å²) in [5.41, 5.74) is 0.904. The lowest BCUT2D eigenvalue weighted by molar-refractivity contribution is -0.149. The molecular formula is C16H22O3. The second-order valence-corrected chi connectivity index (χ2v) is 5.01. The Morgan fingerprint density at radius 3 is 2.21 bits per heavy atom. The first-order valence-corrected chi connectivity index (χ1v) is 6.16. The van der Waals surface area contributed by atoms with Gasteiger partial charge in [0.15, 0.2) is 0 Å². The van der Waals surface area contributed by atoms with Gasteiger partial charge >= 0.3 is 5.97 Å². The Balaban J connectivity index is 4.81. The average Bonchev–Trinajstić information content (AvgIpc) is 2.29. The molecule has 0 saturated heterocycles. The number of carbonyl (C=O) groups is 2. The summed E-state index contributed by atoms with van der Waals surface area (Å²) < 4.78 is 5.30. The van der Waals surface area contributed by atoms with Gasteiger partial charge in [-0.05, 0) is 46.8 Å². The first-order valence-electron chi connectivity index (χ1n) is 6.16. The van der Waals surface area contributed by atoms with Crippen LogP contribution in [-0.2, 0) is 14.3 Å². The van der Waals surface area contributed by atoms with E-state index in [0.717, 1.165) is 5.57 Å². The third-order valence-corrected chi connectivity index (χ3v) is 1.99. The third-order valence-electron chi connectivity index (χ3n) is 1.99. The van der Waals surface area contributed by atoms with Crippen LogP contribution in [0.15, 0.2) is 47.6 Å². The molecule has 0 aromatic carbocycles. The van der Waals surface area contributed by atoms with E-state index in [4.69, 9.17) is 4.74 Å². The lowest BCUT2D eigenvalue weighted by Gasteiger charge is -2.19. The molecule has 0 unspecified atom stereocenters. The maximum absolute atomic E-state index is 11.9. The minimum Gasteiger partial charge on any atom is -0.456 e. The highest BCUT2D eigenvalue weighted by molar-refractivity contribution is 5.92. The van der Waals surface area contributed by atoms with Crippen molar-refractivity contribution >= 4 is 12.3 Å². The number of ether oxygens (including phenoxy) is 1. The van der Waals surface area contributed by atoms with Crippen molar-refractivity contribution in [3.05, 3.63) is 47.6 Å². The summed E-state index contributed by atoms with van der Waals surface area (Å²) in [4.78, 5) is 22.0. The zero-order valence-electron chi connectivity index (χ0n) is 12.3. The van der Waals surface area contributed by atoms with Crippen molar-refractivity contribution in [2.75, 3.05) is 0 Å². The van der Waals surface area contributed by atoms with Crippen molar-refractivity contribution in [3.8, 4) is 0 Å². The van der Waals surface area contributed by atoms with Crippen LogP contribution in [0.2, 0.25) is 0 Å². The number of hydrogen-bond donors (Lipinski definition) is 0. The van der Waals surface area contributed by atoms with Gasteiger partial charge in [0.05, 0.1) is 5.57 Å². The molecule has 0 aromatic rings. The van der Waals surface area contributed by atoms with Gasteiger partial charge in [-0.15, -0.1) is 0 Å². The minimum atomic E-state index is -0.504. The van der Waals surface area contributed by atoms with Gasteiger partial charge < -0.3 is 4.74 Å². The third kappa shape index (κ3) is 8.77. The molecule has 0 aliphatic heterocycles. The summed E-state index contributed by atoms with van der Waals surface area (Å²) in [6.45, 7) is 9.16. The molecule has 0 spiro atoms. The summed E-state index contributed by atoms with van der Waals surface area (Å²) in [5, 5.41) is 0. The fourth-order valence-electron chi connectivity index (χ4n) is 1.21. The molecule has 0 saturated carbocycles. The molecule has 0 aliphatic rings. The van der Waals surface area contributed by atoms with E-state index < -0.39 is 5.60 Å². The number of allylic oxidation sites excluding steroid dienone is 6. The van der Waals surface area contributed by atoms with Gasteiger partial charge in [0.25, 0.3) is 0 Å². The number of carbonyl (C=O) groups excluding carboxylic acids is 2. The van der Waals surface area contributed by atoms with Crippen molar-refractivity contribution < 1.29 is 14.3 Å². The van der Waals surface area contributed by atoms with Gasteiger partial charge in [0.1, 0.15) is 11.9 Å². The van der Waals surface area contributed by atoms with Gasteiger partial charge in [0.2, 0.25) is 0 Å². The monoisotopic (exact) mass is 262 g/mol. The molecule has 0 rings (SSSR count). The molecular weight excluding hydrogens is 240 g/mol. The minimum absolute atomic E-state index is 0.341.